The summed E-state index contributed by atoms with van der Waals surface area (Å²) < 4.78 is 1.71. The third-order valence-electron chi connectivity index (χ3n) is 4.55. The molecule has 1 aromatic heterocycles. The van der Waals surface area contributed by atoms with E-state index in [2.05, 4.69) is 5.32 Å². The minimum atomic E-state index is -0.150. The van der Waals surface area contributed by atoms with Gasteiger partial charge in [0.1, 0.15) is 5.56 Å². The number of pyridine rings is 1. The first kappa shape index (κ1) is 15.0. The molecule has 1 unspecified atom stereocenters. The fourth-order valence-electron chi connectivity index (χ4n) is 3.23. The zero-order valence-corrected chi connectivity index (χ0v) is 13.0. The van der Waals surface area contributed by atoms with E-state index in [-0.39, 0.29) is 11.5 Å². The Hall–Kier alpha value is -1.88. The van der Waals surface area contributed by atoms with Crippen LogP contribution in [0.4, 0.5) is 0 Å². The molecule has 1 aromatic rings. The van der Waals surface area contributed by atoms with Gasteiger partial charge in [0.05, 0.1) is 0 Å². The number of aromatic nitrogens is 1. The van der Waals surface area contributed by atoms with Gasteiger partial charge in [-0.2, -0.15) is 0 Å². The Balaban J connectivity index is 1.85. The Kier molecular flexibility index (Phi) is 4.43. The number of carbonyl (C=O) groups excluding carboxylic acids is 1. The van der Waals surface area contributed by atoms with Crippen LogP contribution in [0.1, 0.15) is 28.8 Å². The predicted molar refractivity (Wildman–Crippen MR) is 86.1 cm³/mol. The van der Waals surface area contributed by atoms with E-state index in [9.17, 15) is 9.59 Å². The van der Waals surface area contributed by atoms with Crippen LogP contribution in [0, 0.1) is 12.8 Å². The zero-order valence-electron chi connectivity index (χ0n) is 13.0. The molecule has 1 N–H and O–H groups in total. The molecule has 5 nitrogen and oxygen atoms in total. The average molecular weight is 301 g/mol. The zero-order chi connectivity index (χ0) is 15.5. The quantitative estimate of drug-likeness (QED) is 0.853. The first-order valence-electron chi connectivity index (χ1n) is 8.02. The Bertz CT molecular complexity index is 634. The van der Waals surface area contributed by atoms with E-state index < -0.39 is 0 Å². The molecule has 1 fully saturated rings. The van der Waals surface area contributed by atoms with Crippen LogP contribution >= 0.6 is 0 Å². The molecule has 1 atom stereocenters. The smallest absolute Gasteiger partial charge is 0.263 e. The van der Waals surface area contributed by atoms with Crippen molar-refractivity contribution in [2.75, 3.05) is 26.2 Å². The van der Waals surface area contributed by atoms with E-state index in [1.807, 2.05) is 31.3 Å². The molecular weight excluding hydrogens is 278 g/mol. The number of nitrogens with one attached hydrogen (secondary N) is 1. The van der Waals surface area contributed by atoms with Crippen LogP contribution in [0.15, 0.2) is 29.2 Å². The van der Waals surface area contributed by atoms with Crippen molar-refractivity contribution in [2.45, 2.75) is 26.3 Å². The Labute approximate surface area is 130 Å². The van der Waals surface area contributed by atoms with Crippen molar-refractivity contribution in [1.29, 1.82) is 0 Å². The first-order valence-corrected chi connectivity index (χ1v) is 8.02. The van der Waals surface area contributed by atoms with Crippen molar-refractivity contribution in [2.24, 2.45) is 5.92 Å². The Morgan fingerprint density at radius 1 is 1.36 bits per heavy atom. The van der Waals surface area contributed by atoms with Gasteiger partial charge in [0, 0.05) is 25.8 Å². The fourth-order valence-corrected chi connectivity index (χ4v) is 3.23. The van der Waals surface area contributed by atoms with Crippen molar-refractivity contribution in [1.82, 2.24) is 14.8 Å². The van der Waals surface area contributed by atoms with Crippen LogP contribution in [0.2, 0.25) is 0 Å². The molecule has 0 bridgehead atoms. The van der Waals surface area contributed by atoms with Gasteiger partial charge in [0.2, 0.25) is 0 Å². The molecule has 0 saturated carbocycles. The van der Waals surface area contributed by atoms with Gasteiger partial charge in [-0.25, -0.2) is 0 Å². The molecule has 118 valence electrons. The Morgan fingerprint density at radius 2 is 2.14 bits per heavy atom. The monoisotopic (exact) mass is 301 g/mol. The van der Waals surface area contributed by atoms with Crippen LogP contribution < -0.4 is 10.9 Å². The minimum Gasteiger partial charge on any atom is -0.331 e. The van der Waals surface area contributed by atoms with Crippen molar-refractivity contribution in [3.8, 4) is 0 Å². The molecule has 0 radical (unpaired) electrons. The highest BCUT2D eigenvalue weighted by Gasteiger charge is 2.23. The lowest BCUT2D eigenvalue weighted by molar-refractivity contribution is 0.0796. The lowest BCUT2D eigenvalue weighted by Gasteiger charge is -2.24. The van der Waals surface area contributed by atoms with E-state index in [4.69, 9.17) is 0 Å². The number of aryl methyl sites for hydroxylation is 1. The van der Waals surface area contributed by atoms with Crippen molar-refractivity contribution in [3.05, 3.63) is 45.9 Å². The molecule has 22 heavy (non-hydrogen) atoms. The Morgan fingerprint density at radius 3 is 2.82 bits per heavy atom. The van der Waals surface area contributed by atoms with Gasteiger partial charge in [-0.05, 0) is 50.4 Å². The maximum Gasteiger partial charge on any atom is 0.263 e. The second-order valence-corrected chi connectivity index (χ2v) is 6.23. The van der Waals surface area contributed by atoms with E-state index in [0.717, 1.165) is 31.5 Å². The van der Waals surface area contributed by atoms with E-state index in [1.165, 1.54) is 0 Å². The predicted octanol–water partition coefficient (Wildman–Crippen LogP) is 1.17. The molecule has 2 aliphatic heterocycles. The van der Waals surface area contributed by atoms with Gasteiger partial charge >= 0.3 is 0 Å². The van der Waals surface area contributed by atoms with Gasteiger partial charge in [0.15, 0.2) is 0 Å². The summed E-state index contributed by atoms with van der Waals surface area (Å²) in [7, 11) is 0. The normalized spacial score (nSPS) is 21.3. The molecule has 0 aromatic carbocycles. The van der Waals surface area contributed by atoms with E-state index in [1.54, 1.807) is 9.47 Å². The second kappa shape index (κ2) is 6.48. The van der Waals surface area contributed by atoms with Crippen LogP contribution in [-0.4, -0.2) is 41.6 Å². The number of carbonyl (C=O) groups is 1. The summed E-state index contributed by atoms with van der Waals surface area (Å²) in [5, 5.41) is 3.37. The standard InChI is InChI=1S/C17H23N3O2/c1-13-6-10-20(12-14-5-4-7-18-11-14)17(22)15(13)16(21)19-8-2-3-9-19/h2-3,6,10,14,18H,4-5,7-9,11-12H2,1H3. The van der Waals surface area contributed by atoms with E-state index in [0.29, 0.717) is 31.1 Å². The number of amides is 1. The number of rotatable bonds is 3. The average Bonchev–Trinajstić information content (AvgIpc) is 3.05. The van der Waals surface area contributed by atoms with Crippen molar-refractivity contribution < 1.29 is 4.79 Å². The third kappa shape index (κ3) is 2.99. The topological polar surface area (TPSA) is 54.3 Å². The summed E-state index contributed by atoms with van der Waals surface area (Å²) >= 11 is 0. The summed E-state index contributed by atoms with van der Waals surface area (Å²) in [5.74, 6) is 0.314. The second-order valence-electron chi connectivity index (χ2n) is 6.23. The van der Waals surface area contributed by atoms with Crippen molar-refractivity contribution in [3.63, 3.8) is 0 Å². The highest BCUT2D eigenvalue weighted by atomic mass is 16.2. The molecule has 1 amide bonds. The lowest BCUT2D eigenvalue weighted by Crippen LogP contribution is -2.38. The van der Waals surface area contributed by atoms with Gasteiger partial charge in [-0.3, -0.25) is 9.59 Å². The van der Waals surface area contributed by atoms with Gasteiger partial charge in [-0.15, -0.1) is 0 Å². The van der Waals surface area contributed by atoms with Crippen molar-refractivity contribution >= 4 is 5.91 Å². The first-order chi connectivity index (χ1) is 10.7. The minimum absolute atomic E-state index is 0.149. The van der Waals surface area contributed by atoms with E-state index >= 15 is 0 Å². The number of hydrogen-bond donors (Lipinski definition) is 1. The number of piperidine rings is 1. The van der Waals surface area contributed by atoms with Crippen LogP contribution in [0.3, 0.4) is 0 Å². The van der Waals surface area contributed by atoms with Gasteiger partial charge in [0.25, 0.3) is 11.5 Å². The highest BCUT2D eigenvalue weighted by molar-refractivity contribution is 5.95. The van der Waals surface area contributed by atoms with Gasteiger partial charge in [-0.1, -0.05) is 12.2 Å². The molecule has 5 heteroatoms. The van der Waals surface area contributed by atoms with Gasteiger partial charge < -0.3 is 14.8 Å². The molecule has 2 aliphatic rings. The number of nitrogens with zero attached hydrogens (tertiary/aromatic N) is 2. The lowest BCUT2D eigenvalue weighted by atomic mass is 9.99. The molecule has 0 aliphatic carbocycles. The summed E-state index contributed by atoms with van der Waals surface area (Å²) in [6.07, 6.45) is 8.03. The molecule has 1 saturated heterocycles. The summed E-state index contributed by atoms with van der Waals surface area (Å²) in [6, 6.07) is 1.88. The summed E-state index contributed by atoms with van der Waals surface area (Å²) in [6.45, 7) is 5.72. The van der Waals surface area contributed by atoms with Crippen LogP contribution in [0.5, 0.6) is 0 Å². The highest BCUT2D eigenvalue weighted by Crippen LogP contribution is 2.13. The maximum absolute atomic E-state index is 12.7. The fraction of sp³-hybridized carbons (Fsp3) is 0.529. The maximum atomic E-state index is 12.7. The van der Waals surface area contributed by atoms with Crippen LogP contribution in [0.25, 0.3) is 0 Å². The third-order valence-corrected chi connectivity index (χ3v) is 4.55. The SMILES string of the molecule is Cc1ccn(CC2CCCNC2)c(=O)c1C(=O)N1CC=CC1. The summed E-state index contributed by atoms with van der Waals surface area (Å²) in [4.78, 5) is 27.0. The number of hydrogen-bond acceptors (Lipinski definition) is 3. The molecular formula is C17H23N3O2. The summed E-state index contributed by atoms with van der Waals surface area (Å²) in [5.41, 5.74) is 0.942. The molecule has 3 rings (SSSR count). The molecule has 3 heterocycles. The van der Waals surface area contributed by atoms with Crippen LogP contribution in [-0.2, 0) is 6.54 Å². The molecule has 0 spiro atoms. The largest absolute Gasteiger partial charge is 0.331 e.